The number of rotatable bonds is 11. The van der Waals surface area contributed by atoms with Crippen molar-refractivity contribution in [2.24, 2.45) is 5.73 Å². The van der Waals surface area contributed by atoms with Crippen LogP contribution in [0, 0.1) is 0 Å². The zero-order chi connectivity index (χ0) is 23.7. The van der Waals surface area contributed by atoms with Crippen LogP contribution in [0.3, 0.4) is 0 Å². The number of hydrogen-bond donors (Lipinski definition) is 5. The molecule has 11 heteroatoms. The van der Waals surface area contributed by atoms with E-state index in [9.17, 15) is 24.0 Å². The fourth-order valence-corrected chi connectivity index (χ4v) is 3.53. The minimum absolute atomic E-state index is 0.283. The molecule has 2 rings (SSSR count). The Morgan fingerprint density at radius 1 is 1.12 bits per heavy atom. The number of benzene rings is 1. The Balaban J connectivity index is 1.87. The fraction of sp³-hybridized carbons (Fsp3) is 0.476. The molecule has 0 bridgehead atoms. The van der Waals surface area contributed by atoms with E-state index in [4.69, 9.17) is 15.9 Å². The molecule has 0 aromatic heterocycles. The van der Waals surface area contributed by atoms with Crippen molar-refractivity contribution >= 4 is 29.7 Å². The summed E-state index contributed by atoms with van der Waals surface area (Å²) in [5, 5.41) is 22.3. The van der Waals surface area contributed by atoms with Crippen LogP contribution >= 0.6 is 0 Å². The summed E-state index contributed by atoms with van der Waals surface area (Å²) in [7, 11) is 0. The average Bonchev–Trinajstić information content (AvgIpc) is 3.24. The first-order valence-electron chi connectivity index (χ1n) is 10.3. The summed E-state index contributed by atoms with van der Waals surface area (Å²) < 4.78 is 0. The van der Waals surface area contributed by atoms with Crippen LogP contribution < -0.4 is 16.4 Å². The first-order chi connectivity index (χ1) is 15.2. The minimum Gasteiger partial charge on any atom is -0.481 e. The highest BCUT2D eigenvalue weighted by molar-refractivity contribution is 5.93. The van der Waals surface area contributed by atoms with Gasteiger partial charge in [-0.25, -0.2) is 4.79 Å². The Kier molecular flexibility index (Phi) is 9.14. The van der Waals surface area contributed by atoms with E-state index in [1.807, 2.05) is 30.3 Å². The normalized spacial score (nSPS) is 17.3. The standard InChI is InChI=1S/C21H28N4O7/c22-14(11-13-5-2-1-3-6-13)20(30)25-10-4-7-16(25)19(29)23-12-17(26)24-15(21(31)32)8-9-18(27)28/h1-3,5-6,14-16H,4,7-12,22H2,(H,23,29)(H,24,26)(H,27,28)(H,31,32)/t14-,15-,16-/m0/s1. The second kappa shape index (κ2) is 11.8. The van der Waals surface area contributed by atoms with Gasteiger partial charge in [0.25, 0.3) is 0 Å². The number of carbonyl (C=O) groups is 5. The molecular weight excluding hydrogens is 420 g/mol. The summed E-state index contributed by atoms with van der Waals surface area (Å²) in [5.41, 5.74) is 6.97. The maximum Gasteiger partial charge on any atom is 0.326 e. The third-order valence-corrected chi connectivity index (χ3v) is 5.16. The average molecular weight is 448 g/mol. The molecule has 1 fully saturated rings. The number of nitrogens with one attached hydrogen (secondary N) is 2. The van der Waals surface area contributed by atoms with Gasteiger partial charge >= 0.3 is 11.9 Å². The monoisotopic (exact) mass is 448 g/mol. The molecule has 174 valence electrons. The van der Waals surface area contributed by atoms with Crippen molar-refractivity contribution in [1.29, 1.82) is 0 Å². The van der Waals surface area contributed by atoms with Gasteiger partial charge in [-0.15, -0.1) is 0 Å². The molecule has 0 aliphatic carbocycles. The molecule has 0 unspecified atom stereocenters. The number of carboxylic acids is 2. The van der Waals surface area contributed by atoms with Gasteiger partial charge in [-0.3, -0.25) is 19.2 Å². The predicted molar refractivity (Wildman–Crippen MR) is 112 cm³/mol. The lowest BCUT2D eigenvalue weighted by atomic mass is 10.1. The van der Waals surface area contributed by atoms with Gasteiger partial charge < -0.3 is 31.5 Å². The number of likely N-dealkylation sites (tertiary alicyclic amines) is 1. The molecule has 1 aliphatic heterocycles. The van der Waals surface area contributed by atoms with Gasteiger partial charge in [-0.2, -0.15) is 0 Å². The van der Waals surface area contributed by atoms with E-state index in [-0.39, 0.29) is 12.3 Å². The fourth-order valence-electron chi connectivity index (χ4n) is 3.53. The van der Waals surface area contributed by atoms with Crippen LogP contribution in [0.15, 0.2) is 30.3 Å². The smallest absolute Gasteiger partial charge is 0.326 e. The molecular formula is C21H28N4O7. The highest BCUT2D eigenvalue weighted by Gasteiger charge is 2.36. The summed E-state index contributed by atoms with van der Waals surface area (Å²) in [6.45, 7) is -0.119. The number of aliphatic carboxylic acids is 2. The molecule has 3 atom stereocenters. The number of nitrogens with two attached hydrogens (primary N) is 1. The van der Waals surface area contributed by atoms with E-state index in [1.165, 1.54) is 4.90 Å². The molecule has 0 radical (unpaired) electrons. The van der Waals surface area contributed by atoms with Crippen LogP contribution in [0.1, 0.15) is 31.2 Å². The van der Waals surface area contributed by atoms with E-state index >= 15 is 0 Å². The van der Waals surface area contributed by atoms with Crippen molar-refractivity contribution in [2.75, 3.05) is 13.1 Å². The summed E-state index contributed by atoms with van der Waals surface area (Å²) in [5.74, 6) is -4.21. The summed E-state index contributed by atoms with van der Waals surface area (Å²) in [6.07, 6.45) is 0.665. The summed E-state index contributed by atoms with van der Waals surface area (Å²) in [4.78, 5) is 60.5. The predicted octanol–water partition coefficient (Wildman–Crippen LogP) is -0.902. The van der Waals surface area contributed by atoms with E-state index in [2.05, 4.69) is 10.6 Å². The highest BCUT2D eigenvalue weighted by atomic mass is 16.4. The number of hydrogen-bond acceptors (Lipinski definition) is 6. The van der Waals surface area contributed by atoms with Gasteiger partial charge in [0.2, 0.25) is 17.7 Å². The highest BCUT2D eigenvalue weighted by Crippen LogP contribution is 2.19. The molecule has 1 heterocycles. The van der Waals surface area contributed by atoms with E-state index < -0.39 is 54.8 Å². The van der Waals surface area contributed by atoms with Gasteiger partial charge in [-0.1, -0.05) is 30.3 Å². The van der Waals surface area contributed by atoms with Gasteiger partial charge in [0, 0.05) is 13.0 Å². The molecule has 32 heavy (non-hydrogen) atoms. The van der Waals surface area contributed by atoms with Gasteiger partial charge in [0.15, 0.2) is 0 Å². The van der Waals surface area contributed by atoms with Crippen LogP contribution in [0.2, 0.25) is 0 Å². The SMILES string of the molecule is N[C@@H](Cc1ccccc1)C(=O)N1CCC[C@H]1C(=O)NCC(=O)N[C@@H](CCC(=O)O)C(=O)O. The summed E-state index contributed by atoms with van der Waals surface area (Å²) >= 11 is 0. The Bertz CT molecular complexity index is 846. The second-order valence-electron chi connectivity index (χ2n) is 7.59. The maximum atomic E-state index is 12.8. The zero-order valence-electron chi connectivity index (χ0n) is 17.5. The van der Waals surface area contributed by atoms with Gasteiger partial charge in [0.1, 0.15) is 12.1 Å². The Labute approximate surface area is 184 Å². The maximum absolute atomic E-state index is 12.8. The molecule has 1 aromatic carbocycles. The Morgan fingerprint density at radius 3 is 2.44 bits per heavy atom. The molecule has 0 saturated carbocycles. The first-order valence-corrected chi connectivity index (χ1v) is 10.3. The van der Waals surface area contributed by atoms with Crippen molar-refractivity contribution in [2.45, 2.75) is 50.2 Å². The molecule has 1 aromatic rings. The van der Waals surface area contributed by atoms with Crippen LogP contribution in [0.4, 0.5) is 0 Å². The van der Waals surface area contributed by atoms with Crippen LogP contribution in [-0.2, 0) is 30.4 Å². The van der Waals surface area contributed by atoms with Gasteiger partial charge in [0.05, 0.1) is 12.6 Å². The molecule has 1 aliphatic rings. The van der Waals surface area contributed by atoms with Crippen molar-refractivity contribution in [3.05, 3.63) is 35.9 Å². The topological polar surface area (TPSA) is 179 Å². The third-order valence-electron chi connectivity index (χ3n) is 5.16. The van der Waals surface area contributed by atoms with Crippen molar-refractivity contribution < 1.29 is 34.2 Å². The minimum atomic E-state index is -1.38. The second-order valence-corrected chi connectivity index (χ2v) is 7.59. The molecule has 3 amide bonds. The van der Waals surface area contributed by atoms with Crippen molar-refractivity contribution in [3.8, 4) is 0 Å². The van der Waals surface area contributed by atoms with Crippen LogP contribution in [-0.4, -0.2) is 76.0 Å². The number of carboxylic acid groups (broad SMARTS) is 2. The van der Waals surface area contributed by atoms with Crippen molar-refractivity contribution in [3.63, 3.8) is 0 Å². The Morgan fingerprint density at radius 2 is 1.81 bits per heavy atom. The molecule has 1 saturated heterocycles. The summed E-state index contributed by atoms with van der Waals surface area (Å²) in [6, 6.07) is 6.33. The zero-order valence-corrected chi connectivity index (χ0v) is 17.5. The number of nitrogens with zero attached hydrogens (tertiary/aromatic N) is 1. The van der Waals surface area contributed by atoms with E-state index in [0.717, 1.165) is 5.56 Å². The van der Waals surface area contributed by atoms with E-state index in [0.29, 0.717) is 25.8 Å². The van der Waals surface area contributed by atoms with Gasteiger partial charge in [-0.05, 0) is 31.2 Å². The van der Waals surface area contributed by atoms with Crippen molar-refractivity contribution in [1.82, 2.24) is 15.5 Å². The lowest BCUT2D eigenvalue weighted by molar-refractivity contribution is -0.143. The quantitative estimate of drug-likeness (QED) is 0.289. The molecule has 0 spiro atoms. The molecule has 11 nitrogen and oxygen atoms in total. The first kappa shape index (κ1) is 24.8. The lowest BCUT2D eigenvalue weighted by Crippen LogP contribution is -2.53. The number of carbonyl (C=O) groups excluding carboxylic acids is 3. The Hall–Kier alpha value is -3.47. The van der Waals surface area contributed by atoms with Crippen LogP contribution in [0.5, 0.6) is 0 Å². The largest absolute Gasteiger partial charge is 0.481 e. The lowest BCUT2D eigenvalue weighted by Gasteiger charge is -2.26. The van der Waals surface area contributed by atoms with E-state index in [1.54, 1.807) is 0 Å². The molecule has 6 N–H and O–H groups in total. The number of amides is 3. The third kappa shape index (κ3) is 7.34. The van der Waals surface area contributed by atoms with Crippen LogP contribution in [0.25, 0.3) is 0 Å².